The van der Waals surface area contributed by atoms with Crippen LogP contribution in [0.1, 0.15) is 5.56 Å². The monoisotopic (exact) mass is 311 g/mol. The van der Waals surface area contributed by atoms with E-state index in [4.69, 9.17) is 16.7 Å². The summed E-state index contributed by atoms with van der Waals surface area (Å²) in [5, 5.41) is 15.6. The second-order valence-electron chi connectivity index (χ2n) is 4.93. The van der Waals surface area contributed by atoms with Gasteiger partial charge in [0.2, 0.25) is 5.91 Å². The molecule has 1 atom stereocenters. The molecule has 2 rings (SSSR count). The van der Waals surface area contributed by atoms with Crippen LogP contribution in [0.2, 0.25) is 5.02 Å². The van der Waals surface area contributed by atoms with Gasteiger partial charge in [-0.05, 0) is 17.7 Å². The van der Waals surface area contributed by atoms with Crippen molar-refractivity contribution in [2.75, 3.05) is 26.2 Å². The third-order valence-electron chi connectivity index (χ3n) is 3.39. The van der Waals surface area contributed by atoms with Gasteiger partial charge in [-0.2, -0.15) is 0 Å². The van der Waals surface area contributed by atoms with Gasteiger partial charge in [-0.15, -0.1) is 0 Å². The highest BCUT2D eigenvalue weighted by atomic mass is 35.5. The van der Waals surface area contributed by atoms with Crippen LogP contribution in [0.15, 0.2) is 24.3 Å². The predicted octanol–water partition coefficient (Wildman–Crippen LogP) is 0.315. The SMILES string of the molecule is O=C(CN1CCNCC1C(=O)O)NCc1ccc(Cl)cc1. The van der Waals surface area contributed by atoms with Crippen LogP contribution in [0.5, 0.6) is 0 Å². The first-order valence-corrected chi connectivity index (χ1v) is 7.13. The Labute approximate surface area is 128 Å². The minimum absolute atomic E-state index is 0.0895. The summed E-state index contributed by atoms with van der Waals surface area (Å²) >= 11 is 5.79. The molecule has 1 fully saturated rings. The van der Waals surface area contributed by atoms with Gasteiger partial charge in [0.05, 0.1) is 6.54 Å². The molecule has 6 nitrogen and oxygen atoms in total. The summed E-state index contributed by atoms with van der Waals surface area (Å²) in [4.78, 5) is 24.7. The number of nitrogens with one attached hydrogen (secondary N) is 2. The molecule has 1 aromatic carbocycles. The number of hydrogen-bond acceptors (Lipinski definition) is 4. The first-order chi connectivity index (χ1) is 10.1. The highest BCUT2D eigenvalue weighted by molar-refractivity contribution is 6.30. The maximum atomic E-state index is 11.9. The quantitative estimate of drug-likeness (QED) is 0.729. The van der Waals surface area contributed by atoms with Crippen LogP contribution in [0.25, 0.3) is 0 Å². The average molecular weight is 312 g/mol. The fourth-order valence-electron chi connectivity index (χ4n) is 2.22. The largest absolute Gasteiger partial charge is 0.480 e. The maximum absolute atomic E-state index is 11.9. The van der Waals surface area contributed by atoms with E-state index >= 15 is 0 Å². The second-order valence-corrected chi connectivity index (χ2v) is 5.37. The highest BCUT2D eigenvalue weighted by Gasteiger charge is 2.29. The molecule has 7 heteroatoms. The molecule has 1 aliphatic heterocycles. The average Bonchev–Trinajstić information content (AvgIpc) is 2.47. The minimum Gasteiger partial charge on any atom is -0.480 e. The van der Waals surface area contributed by atoms with E-state index in [2.05, 4.69) is 10.6 Å². The van der Waals surface area contributed by atoms with Gasteiger partial charge in [0, 0.05) is 31.2 Å². The summed E-state index contributed by atoms with van der Waals surface area (Å²) in [5.74, 6) is -1.09. The smallest absolute Gasteiger partial charge is 0.322 e. The zero-order valence-corrected chi connectivity index (χ0v) is 12.3. The van der Waals surface area contributed by atoms with Gasteiger partial charge in [0.1, 0.15) is 6.04 Å². The highest BCUT2D eigenvalue weighted by Crippen LogP contribution is 2.09. The van der Waals surface area contributed by atoms with Crippen molar-refractivity contribution < 1.29 is 14.7 Å². The summed E-state index contributed by atoms with van der Waals surface area (Å²) in [5.41, 5.74) is 0.947. The molecule has 1 heterocycles. The van der Waals surface area contributed by atoms with Crippen LogP contribution in [-0.2, 0) is 16.1 Å². The number of halogens is 1. The third-order valence-corrected chi connectivity index (χ3v) is 3.64. The third kappa shape index (κ3) is 4.70. The van der Waals surface area contributed by atoms with Crippen molar-refractivity contribution in [1.82, 2.24) is 15.5 Å². The Hall–Kier alpha value is -1.63. The zero-order chi connectivity index (χ0) is 15.2. The summed E-state index contributed by atoms with van der Waals surface area (Å²) in [6.07, 6.45) is 0. The number of rotatable bonds is 5. The van der Waals surface area contributed by atoms with Crippen LogP contribution in [0.3, 0.4) is 0 Å². The summed E-state index contributed by atoms with van der Waals surface area (Å²) in [6.45, 7) is 2.09. The van der Waals surface area contributed by atoms with Crippen molar-refractivity contribution in [3.63, 3.8) is 0 Å². The zero-order valence-electron chi connectivity index (χ0n) is 11.5. The van der Waals surface area contributed by atoms with Crippen LogP contribution >= 0.6 is 11.6 Å². The topological polar surface area (TPSA) is 81.7 Å². The van der Waals surface area contributed by atoms with E-state index in [1.807, 2.05) is 12.1 Å². The van der Waals surface area contributed by atoms with E-state index in [0.29, 0.717) is 31.2 Å². The lowest BCUT2D eigenvalue weighted by Gasteiger charge is -2.32. The van der Waals surface area contributed by atoms with E-state index in [0.717, 1.165) is 5.56 Å². The number of benzene rings is 1. The molecule has 0 saturated carbocycles. The molecule has 0 bridgehead atoms. The summed E-state index contributed by atoms with van der Waals surface area (Å²) in [6, 6.07) is 6.56. The Bertz CT molecular complexity index is 507. The van der Waals surface area contributed by atoms with Crippen LogP contribution in [-0.4, -0.2) is 54.1 Å². The lowest BCUT2D eigenvalue weighted by molar-refractivity contribution is -0.144. The van der Waals surface area contributed by atoms with Gasteiger partial charge < -0.3 is 15.7 Å². The molecule has 1 aliphatic rings. The lowest BCUT2D eigenvalue weighted by atomic mass is 10.2. The first-order valence-electron chi connectivity index (χ1n) is 6.75. The van der Waals surface area contributed by atoms with Gasteiger partial charge in [-0.3, -0.25) is 14.5 Å². The van der Waals surface area contributed by atoms with Crippen molar-refractivity contribution in [1.29, 1.82) is 0 Å². The minimum atomic E-state index is -0.910. The number of hydrogen-bond donors (Lipinski definition) is 3. The van der Waals surface area contributed by atoms with Crippen molar-refractivity contribution in [3.8, 4) is 0 Å². The Balaban J connectivity index is 1.83. The fourth-order valence-corrected chi connectivity index (χ4v) is 2.35. The van der Waals surface area contributed by atoms with E-state index in [-0.39, 0.29) is 12.5 Å². The molecular formula is C14H18ClN3O3. The molecule has 1 unspecified atom stereocenters. The number of nitrogens with zero attached hydrogens (tertiary/aromatic N) is 1. The number of carbonyl (C=O) groups excluding carboxylic acids is 1. The fraction of sp³-hybridized carbons (Fsp3) is 0.429. The molecule has 114 valence electrons. The van der Waals surface area contributed by atoms with Crippen molar-refractivity contribution in [2.45, 2.75) is 12.6 Å². The Morgan fingerprint density at radius 3 is 2.76 bits per heavy atom. The number of aliphatic carboxylic acids is 1. The standard InChI is InChI=1S/C14H18ClN3O3/c15-11-3-1-10(2-4-11)7-17-13(19)9-18-6-5-16-8-12(18)14(20)21/h1-4,12,16H,5-9H2,(H,17,19)(H,20,21). The van der Waals surface area contributed by atoms with Crippen LogP contribution in [0.4, 0.5) is 0 Å². The van der Waals surface area contributed by atoms with Gasteiger partial charge >= 0.3 is 5.97 Å². The normalized spacial score (nSPS) is 19.2. The molecule has 21 heavy (non-hydrogen) atoms. The van der Waals surface area contributed by atoms with Crippen molar-refractivity contribution >= 4 is 23.5 Å². The summed E-state index contributed by atoms with van der Waals surface area (Å²) in [7, 11) is 0. The molecular weight excluding hydrogens is 294 g/mol. The predicted molar refractivity (Wildman–Crippen MR) is 79.2 cm³/mol. The molecule has 1 amide bonds. The summed E-state index contributed by atoms with van der Waals surface area (Å²) < 4.78 is 0. The Kier molecular flexibility index (Phi) is 5.55. The number of carboxylic acid groups (broad SMARTS) is 1. The number of amides is 1. The molecule has 0 spiro atoms. The molecule has 0 aliphatic carbocycles. The molecule has 0 aromatic heterocycles. The molecule has 3 N–H and O–H groups in total. The van der Waals surface area contributed by atoms with E-state index in [1.165, 1.54) is 0 Å². The molecule has 0 radical (unpaired) electrons. The van der Waals surface area contributed by atoms with E-state index in [9.17, 15) is 9.59 Å². The number of carbonyl (C=O) groups is 2. The van der Waals surface area contributed by atoms with Crippen molar-refractivity contribution in [3.05, 3.63) is 34.9 Å². The molecule has 1 saturated heterocycles. The maximum Gasteiger partial charge on any atom is 0.322 e. The number of piperazine rings is 1. The van der Waals surface area contributed by atoms with Gasteiger partial charge in [-0.1, -0.05) is 23.7 Å². The van der Waals surface area contributed by atoms with E-state index < -0.39 is 12.0 Å². The second kappa shape index (κ2) is 7.40. The number of carboxylic acids is 1. The van der Waals surface area contributed by atoms with Crippen molar-refractivity contribution in [2.24, 2.45) is 0 Å². The first kappa shape index (κ1) is 15.8. The lowest BCUT2D eigenvalue weighted by Crippen LogP contribution is -2.57. The van der Waals surface area contributed by atoms with Gasteiger partial charge in [0.25, 0.3) is 0 Å². The Morgan fingerprint density at radius 2 is 2.10 bits per heavy atom. The van der Waals surface area contributed by atoms with Gasteiger partial charge in [0.15, 0.2) is 0 Å². The van der Waals surface area contributed by atoms with Crippen LogP contribution in [0, 0.1) is 0 Å². The molecule has 1 aromatic rings. The Morgan fingerprint density at radius 1 is 1.38 bits per heavy atom. The van der Waals surface area contributed by atoms with E-state index in [1.54, 1.807) is 17.0 Å². The van der Waals surface area contributed by atoms with Gasteiger partial charge in [-0.25, -0.2) is 0 Å². The van der Waals surface area contributed by atoms with Crippen LogP contribution < -0.4 is 10.6 Å².